The number of benzene rings is 2. The third-order valence-electron chi connectivity index (χ3n) is 7.04. The molecule has 0 bridgehead atoms. The molecule has 3 heterocycles. The van der Waals surface area contributed by atoms with Crippen LogP contribution in [0.3, 0.4) is 0 Å². The first kappa shape index (κ1) is 28.3. The fraction of sp³-hybridized carbons (Fsp3) is 0.355. The minimum atomic E-state index is -0.459. The second-order valence-electron chi connectivity index (χ2n) is 11.3. The molecule has 1 atom stereocenters. The normalized spacial score (nSPS) is 16.6. The second-order valence-corrected chi connectivity index (χ2v) is 11.3. The fourth-order valence-electron chi connectivity index (χ4n) is 5.25. The summed E-state index contributed by atoms with van der Waals surface area (Å²) in [6.45, 7) is 8.13. The molecule has 0 radical (unpaired) electrons. The Morgan fingerprint density at radius 1 is 0.829 bits per heavy atom. The molecule has 0 spiro atoms. The number of aryl methyl sites for hydroxylation is 2. The SMILES string of the molecule is Cc1cc(N(C)C)c2cc(C3=NC(c4ccc5nc(C)cc(N(C)C)c5c4)N(N(C)N)C(=NC(C)C)N3)ccc2n1. The van der Waals surface area contributed by atoms with Crippen LogP contribution in [0.5, 0.6) is 0 Å². The van der Waals surface area contributed by atoms with Gasteiger partial charge in [0.15, 0.2) is 6.17 Å². The lowest BCUT2D eigenvalue weighted by molar-refractivity contribution is 0.0293. The van der Waals surface area contributed by atoms with Gasteiger partial charge in [0, 0.05) is 80.4 Å². The minimum Gasteiger partial charge on any atom is -0.377 e. The van der Waals surface area contributed by atoms with E-state index in [4.69, 9.17) is 25.8 Å². The largest absolute Gasteiger partial charge is 0.377 e. The first-order chi connectivity index (χ1) is 19.4. The van der Waals surface area contributed by atoms with Crippen LogP contribution in [-0.2, 0) is 0 Å². The number of fused-ring (bicyclic) bond motifs is 2. The minimum absolute atomic E-state index is 0.0354. The number of pyridine rings is 2. The number of hydrazine groups is 2. The average Bonchev–Trinajstić information content (AvgIpc) is 2.90. The topological polar surface area (TPSA) is 102 Å². The van der Waals surface area contributed by atoms with Crippen molar-refractivity contribution in [3.8, 4) is 0 Å². The maximum absolute atomic E-state index is 6.43. The summed E-state index contributed by atoms with van der Waals surface area (Å²) in [5, 5.41) is 9.02. The number of aromatic nitrogens is 2. The summed E-state index contributed by atoms with van der Waals surface area (Å²) in [6.07, 6.45) is -0.459. The maximum atomic E-state index is 6.43. The van der Waals surface area contributed by atoms with Crippen LogP contribution in [0.4, 0.5) is 11.4 Å². The predicted molar refractivity (Wildman–Crippen MR) is 170 cm³/mol. The summed E-state index contributed by atoms with van der Waals surface area (Å²) in [5.41, 5.74) is 7.97. The number of amidine groups is 1. The Kier molecular flexibility index (Phi) is 7.54. The number of anilines is 2. The highest BCUT2D eigenvalue weighted by Gasteiger charge is 2.32. The predicted octanol–water partition coefficient (Wildman–Crippen LogP) is 4.37. The zero-order valence-electron chi connectivity index (χ0n) is 25.4. The molecule has 0 aliphatic carbocycles. The number of hydrogen-bond acceptors (Lipinski definition) is 8. The Morgan fingerprint density at radius 3 is 1.93 bits per heavy atom. The van der Waals surface area contributed by atoms with Gasteiger partial charge in [-0.3, -0.25) is 15.8 Å². The van der Waals surface area contributed by atoms with Crippen molar-refractivity contribution in [1.29, 1.82) is 0 Å². The van der Waals surface area contributed by atoms with E-state index in [9.17, 15) is 0 Å². The molecule has 1 aliphatic rings. The van der Waals surface area contributed by atoms with Gasteiger partial charge in [-0.25, -0.2) is 15.0 Å². The van der Waals surface area contributed by atoms with E-state index in [0.717, 1.165) is 61.5 Å². The van der Waals surface area contributed by atoms with Gasteiger partial charge in [0.1, 0.15) is 5.84 Å². The van der Waals surface area contributed by atoms with Crippen molar-refractivity contribution in [3.63, 3.8) is 0 Å². The van der Waals surface area contributed by atoms with Gasteiger partial charge in [-0.2, -0.15) is 5.12 Å². The van der Waals surface area contributed by atoms with Crippen LogP contribution in [0.25, 0.3) is 21.8 Å². The lowest BCUT2D eigenvalue weighted by Gasteiger charge is -2.40. The van der Waals surface area contributed by atoms with E-state index in [1.165, 1.54) is 0 Å². The lowest BCUT2D eigenvalue weighted by atomic mass is 10.0. The third-order valence-corrected chi connectivity index (χ3v) is 7.04. The Labute approximate surface area is 242 Å². The van der Waals surface area contributed by atoms with Crippen molar-refractivity contribution in [2.75, 3.05) is 45.0 Å². The van der Waals surface area contributed by atoms with E-state index >= 15 is 0 Å². The standard InChI is InChI=1S/C31H40N10/c1-18(2)33-31-37-29(21-10-12-25-23(16-21)27(38(5)6)14-19(3)34-25)36-30(41(31)40(9)32)22-11-13-26-24(17-22)28(39(7)8)15-20(4)35-26/h10-18,30H,32H2,1-9H3,(H,33,36,37). The summed E-state index contributed by atoms with van der Waals surface area (Å²) >= 11 is 0. The Balaban J connectivity index is 1.72. The van der Waals surface area contributed by atoms with Crippen LogP contribution in [0.1, 0.15) is 42.5 Å². The lowest BCUT2D eigenvalue weighted by Crippen LogP contribution is -2.58. The van der Waals surface area contributed by atoms with Crippen molar-refractivity contribution >= 4 is 45.0 Å². The van der Waals surface area contributed by atoms with Gasteiger partial charge in [0.25, 0.3) is 0 Å². The molecule has 5 rings (SSSR count). The maximum Gasteiger partial charge on any atom is 0.218 e. The van der Waals surface area contributed by atoms with Crippen molar-refractivity contribution in [2.45, 2.75) is 39.9 Å². The number of hydrogen-bond donors (Lipinski definition) is 2. The van der Waals surface area contributed by atoms with E-state index in [-0.39, 0.29) is 6.04 Å². The zero-order valence-corrected chi connectivity index (χ0v) is 25.4. The molecule has 0 saturated carbocycles. The summed E-state index contributed by atoms with van der Waals surface area (Å²) in [6, 6.07) is 16.8. The van der Waals surface area contributed by atoms with Gasteiger partial charge in [0.2, 0.25) is 5.96 Å². The van der Waals surface area contributed by atoms with Gasteiger partial charge in [-0.1, -0.05) is 6.07 Å². The molecular formula is C31H40N10. The van der Waals surface area contributed by atoms with E-state index in [2.05, 4.69) is 63.6 Å². The quantitative estimate of drug-likeness (QED) is 0.269. The summed E-state index contributed by atoms with van der Waals surface area (Å²) in [7, 11) is 10.00. The second kappa shape index (κ2) is 10.9. The van der Waals surface area contributed by atoms with Crippen molar-refractivity contribution < 1.29 is 0 Å². The third kappa shape index (κ3) is 5.53. The molecule has 10 heteroatoms. The van der Waals surface area contributed by atoms with Gasteiger partial charge in [-0.15, -0.1) is 0 Å². The van der Waals surface area contributed by atoms with E-state index in [0.29, 0.717) is 5.96 Å². The van der Waals surface area contributed by atoms with Crippen LogP contribution in [0, 0.1) is 13.8 Å². The van der Waals surface area contributed by atoms with Crippen LogP contribution in [0.15, 0.2) is 58.5 Å². The molecule has 1 aliphatic heterocycles. The Morgan fingerprint density at radius 2 is 1.39 bits per heavy atom. The molecule has 2 aromatic heterocycles. The summed E-state index contributed by atoms with van der Waals surface area (Å²) < 4.78 is 0. The Bertz CT molecular complexity index is 1670. The van der Waals surface area contributed by atoms with Gasteiger partial charge in [-0.05, 0) is 75.7 Å². The molecular weight excluding hydrogens is 512 g/mol. The molecule has 1 unspecified atom stereocenters. The molecule has 0 amide bonds. The molecule has 41 heavy (non-hydrogen) atoms. The molecule has 10 nitrogen and oxygen atoms in total. The van der Waals surface area contributed by atoms with Crippen molar-refractivity contribution in [1.82, 2.24) is 25.4 Å². The number of nitrogens with two attached hydrogens (primary N) is 1. The van der Waals surface area contributed by atoms with E-state index in [1.807, 2.05) is 60.9 Å². The smallest absolute Gasteiger partial charge is 0.218 e. The van der Waals surface area contributed by atoms with Gasteiger partial charge in [0.05, 0.1) is 11.0 Å². The molecule has 4 aromatic rings. The number of guanidine groups is 1. The highest BCUT2D eigenvalue weighted by molar-refractivity contribution is 6.12. The van der Waals surface area contributed by atoms with Crippen LogP contribution < -0.4 is 21.0 Å². The first-order valence-corrected chi connectivity index (χ1v) is 13.8. The van der Waals surface area contributed by atoms with Crippen LogP contribution >= 0.6 is 0 Å². The van der Waals surface area contributed by atoms with E-state index in [1.54, 1.807) is 12.2 Å². The average molecular weight is 553 g/mol. The number of nitrogens with one attached hydrogen (secondary N) is 1. The summed E-state index contributed by atoms with van der Waals surface area (Å²) in [4.78, 5) is 23.9. The highest BCUT2D eigenvalue weighted by Crippen LogP contribution is 2.33. The number of rotatable bonds is 6. The van der Waals surface area contributed by atoms with Crippen LogP contribution in [-0.4, -0.2) is 73.2 Å². The van der Waals surface area contributed by atoms with Gasteiger partial charge < -0.3 is 15.1 Å². The molecule has 0 fully saturated rings. The van der Waals surface area contributed by atoms with E-state index < -0.39 is 6.17 Å². The monoisotopic (exact) mass is 552 g/mol. The van der Waals surface area contributed by atoms with Crippen molar-refractivity contribution in [2.24, 2.45) is 15.8 Å². The number of nitrogens with zero attached hydrogens (tertiary/aromatic N) is 8. The van der Waals surface area contributed by atoms with Crippen molar-refractivity contribution in [3.05, 3.63) is 71.0 Å². The molecule has 0 saturated heterocycles. The van der Waals surface area contributed by atoms with Gasteiger partial charge >= 0.3 is 0 Å². The molecule has 214 valence electrons. The highest BCUT2D eigenvalue weighted by atomic mass is 15.8. The number of aliphatic imine (C=N–C) groups is 2. The molecule has 2 aromatic carbocycles. The Hall–Kier alpha value is -4.28. The van der Waals surface area contributed by atoms with Crippen LogP contribution in [0.2, 0.25) is 0 Å². The fourth-order valence-corrected chi connectivity index (χ4v) is 5.25. The first-order valence-electron chi connectivity index (χ1n) is 13.8. The molecule has 3 N–H and O–H groups in total. The zero-order chi connectivity index (χ0) is 29.6. The summed E-state index contributed by atoms with van der Waals surface area (Å²) in [5.74, 6) is 7.78.